The van der Waals surface area contributed by atoms with E-state index < -0.39 is 22.0 Å². The van der Waals surface area contributed by atoms with Crippen LogP contribution in [0.1, 0.15) is 29.5 Å². The fourth-order valence-electron chi connectivity index (χ4n) is 3.61. The molecule has 0 spiro atoms. The Morgan fingerprint density at radius 2 is 1.82 bits per heavy atom. The van der Waals surface area contributed by atoms with Crippen LogP contribution in [0.4, 0.5) is 13.2 Å². The van der Waals surface area contributed by atoms with Crippen molar-refractivity contribution < 1.29 is 36.3 Å². The van der Waals surface area contributed by atoms with Crippen LogP contribution in [0.25, 0.3) is 0 Å². The van der Waals surface area contributed by atoms with Crippen molar-refractivity contribution in [2.24, 2.45) is 4.99 Å². The van der Waals surface area contributed by atoms with Gasteiger partial charge in [-0.3, -0.25) is 9.79 Å². The van der Waals surface area contributed by atoms with Crippen molar-refractivity contribution in [2.75, 3.05) is 39.1 Å². The maximum absolute atomic E-state index is 12.5. The topological polar surface area (TPSA) is 128 Å². The average Bonchev–Trinajstić information content (AvgIpc) is 3.43. The second kappa shape index (κ2) is 15.0. The monoisotopic (exact) mass is 604 g/mol. The van der Waals surface area contributed by atoms with Crippen molar-refractivity contribution in [1.29, 1.82) is 0 Å². The summed E-state index contributed by atoms with van der Waals surface area (Å²) in [7, 11) is -1.68. The molecule has 0 fully saturated rings. The van der Waals surface area contributed by atoms with E-state index in [1.54, 1.807) is 37.1 Å². The first-order valence-electron chi connectivity index (χ1n) is 12.3. The molecule has 3 N–H and O–H groups in total. The molecule has 40 heavy (non-hydrogen) atoms. The highest BCUT2D eigenvalue weighted by Crippen LogP contribution is 2.23. The Bertz CT molecular complexity index is 1300. The zero-order chi connectivity index (χ0) is 29.9. The van der Waals surface area contributed by atoms with Crippen LogP contribution in [0.15, 0.2) is 52.4 Å². The number of nitrogens with zero attached hydrogens (tertiary/aromatic N) is 2. The van der Waals surface area contributed by atoms with Gasteiger partial charge in [-0.2, -0.15) is 13.2 Å². The van der Waals surface area contributed by atoms with Gasteiger partial charge in [0.2, 0.25) is 5.91 Å². The number of sulfone groups is 1. The Morgan fingerprint density at radius 1 is 1.18 bits per heavy atom. The Morgan fingerprint density at radius 3 is 2.40 bits per heavy atom. The van der Waals surface area contributed by atoms with Gasteiger partial charge in [0.15, 0.2) is 9.84 Å². The molecule has 2 aromatic carbocycles. The number of carbonyl (C=O) groups excluding carboxylic acids is 1. The molecular weight excluding hydrogens is 573 g/mol. The lowest BCUT2D eigenvalue weighted by atomic mass is 10.1. The molecule has 1 aliphatic rings. The van der Waals surface area contributed by atoms with Crippen molar-refractivity contribution in [2.45, 2.75) is 37.3 Å². The van der Waals surface area contributed by atoms with E-state index in [1.807, 2.05) is 0 Å². The summed E-state index contributed by atoms with van der Waals surface area (Å²) in [6.07, 6.45) is -3.38. The maximum atomic E-state index is 12.5. The molecule has 0 unspecified atom stereocenters. The largest absolute Gasteiger partial charge is 0.490 e. The molecule has 0 saturated carbocycles. The predicted molar refractivity (Wildman–Crippen MR) is 146 cm³/mol. The predicted octanol–water partition coefficient (Wildman–Crippen LogP) is 3.43. The number of carboxylic acid groups (broad SMARTS) is 1. The van der Waals surface area contributed by atoms with Gasteiger partial charge in [-0.25, -0.2) is 13.2 Å². The van der Waals surface area contributed by atoms with Crippen LogP contribution in [0.5, 0.6) is 0 Å². The smallest absolute Gasteiger partial charge is 0.475 e. The normalized spacial score (nSPS) is 13.1. The number of amidine groups is 1. The van der Waals surface area contributed by atoms with Crippen molar-refractivity contribution >= 4 is 39.2 Å². The molecule has 0 aliphatic carbocycles. The summed E-state index contributed by atoms with van der Waals surface area (Å²) in [5.41, 5.74) is 2.80. The van der Waals surface area contributed by atoms with E-state index in [0.29, 0.717) is 36.5 Å². The molecule has 1 aliphatic heterocycles. The Hall–Kier alpha value is -3.16. The first-order valence-corrected chi connectivity index (χ1v) is 14.4. The lowest BCUT2D eigenvalue weighted by molar-refractivity contribution is -0.192. The second-order valence-corrected chi connectivity index (χ2v) is 11.3. The molecule has 1 heterocycles. The zero-order valence-corrected chi connectivity index (χ0v) is 23.7. The Labute approximate surface area is 236 Å². The van der Waals surface area contributed by atoms with Gasteiger partial charge in [0.1, 0.15) is 11.7 Å². The number of carboxylic acids is 1. The summed E-state index contributed by atoms with van der Waals surface area (Å²) >= 11 is 6.03. The third kappa shape index (κ3) is 10.4. The zero-order valence-electron chi connectivity index (χ0n) is 22.1. The van der Waals surface area contributed by atoms with Gasteiger partial charge in [-0.05, 0) is 49.6 Å². The summed E-state index contributed by atoms with van der Waals surface area (Å²) < 4.78 is 56.8. The van der Waals surface area contributed by atoms with Gasteiger partial charge in [0, 0.05) is 37.1 Å². The number of likely N-dealkylation sites (N-methyl/N-ethyl adjacent to an activating group) is 1. The Kier molecular flexibility index (Phi) is 12.4. The number of alkyl halides is 3. The minimum Gasteiger partial charge on any atom is -0.475 e. The van der Waals surface area contributed by atoms with Gasteiger partial charge in [0.25, 0.3) is 0 Å². The molecule has 3 rings (SSSR count). The highest BCUT2D eigenvalue weighted by atomic mass is 35.5. The van der Waals surface area contributed by atoms with E-state index >= 15 is 0 Å². The van der Waals surface area contributed by atoms with Crippen LogP contribution in [0.2, 0.25) is 5.02 Å². The fourth-order valence-corrected chi connectivity index (χ4v) is 5.27. The molecule has 2 aromatic rings. The average molecular weight is 605 g/mol. The maximum Gasteiger partial charge on any atom is 0.490 e. The van der Waals surface area contributed by atoms with Crippen LogP contribution in [-0.4, -0.2) is 81.4 Å². The minimum absolute atomic E-state index is 0.0477. The molecule has 0 radical (unpaired) electrons. The molecule has 0 bridgehead atoms. The molecule has 0 atom stereocenters. The number of aliphatic imine (C=N–C) groups is 1. The minimum atomic E-state index is -5.08. The standard InChI is InChI=1S/C24H31ClN4O3S.C2HF3O2/c1-18-21(25)5-3-6-22(18)33(31,32)17-26-13-4-7-23(30)29(2)16-12-19-8-10-20(11-9-19)24-27-14-15-28-24;3-2(4,5)1(6)7/h3,5-6,8-11,26H,4,7,12-17H2,1-2H3,(H,27,28);(H,6,7). The molecule has 1 amide bonds. The van der Waals surface area contributed by atoms with Crippen LogP contribution >= 0.6 is 11.6 Å². The van der Waals surface area contributed by atoms with Gasteiger partial charge in [-0.1, -0.05) is 41.9 Å². The number of nitrogens with one attached hydrogen (secondary N) is 2. The first kappa shape index (κ1) is 33.0. The highest BCUT2D eigenvalue weighted by molar-refractivity contribution is 7.91. The van der Waals surface area contributed by atoms with Gasteiger partial charge < -0.3 is 20.6 Å². The fraction of sp³-hybridized carbons (Fsp3) is 0.423. The third-order valence-electron chi connectivity index (χ3n) is 5.90. The number of aliphatic carboxylic acids is 1. The number of hydrogen-bond acceptors (Lipinski definition) is 7. The van der Waals surface area contributed by atoms with Gasteiger partial charge in [0.05, 0.1) is 11.4 Å². The number of halogens is 4. The number of rotatable bonds is 11. The molecule has 9 nitrogen and oxygen atoms in total. The first-order chi connectivity index (χ1) is 18.7. The SMILES string of the molecule is Cc1c(Cl)cccc1S(=O)(=O)CNCCCC(=O)N(C)CCc1ccc(C2=NCCN2)cc1.O=C(O)C(F)(F)F. The van der Waals surface area contributed by atoms with Crippen LogP contribution in [-0.2, 0) is 25.8 Å². The quantitative estimate of drug-likeness (QED) is 0.335. The van der Waals surface area contributed by atoms with E-state index in [9.17, 15) is 26.4 Å². The van der Waals surface area contributed by atoms with E-state index in [1.165, 1.54) is 5.56 Å². The summed E-state index contributed by atoms with van der Waals surface area (Å²) in [6, 6.07) is 13.1. The van der Waals surface area contributed by atoms with Crippen molar-refractivity contribution in [3.8, 4) is 0 Å². The number of hydrogen-bond donors (Lipinski definition) is 3. The second-order valence-electron chi connectivity index (χ2n) is 8.95. The molecular formula is C26H32ClF3N4O5S. The van der Waals surface area contributed by atoms with Crippen molar-refractivity contribution in [1.82, 2.24) is 15.5 Å². The van der Waals surface area contributed by atoms with Crippen LogP contribution < -0.4 is 10.6 Å². The molecule has 0 saturated heterocycles. The Balaban J connectivity index is 0.000000708. The lowest BCUT2D eigenvalue weighted by Gasteiger charge is -2.17. The molecule has 14 heteroatoms. The van der Waals surface area contributed by atoms with Crippen molar-refractivity contribution in [3.63, 3.8) is 0 Å². The van der Waals surface area contributed by atoms with E-state index in [0.717, 1.165) is 30.9 Å². The third-order valence-corrected chi connectivity index (χ3v) is 8.00. The highest BCUT2D eigenvalue weighted by Gasteiger charge is 2.38. The van der Waals surface area contributed by atoms with E-state index in [2.05, 4.69) is 39.9 Å². The van der Waals surface area contributed by atoms with Crippen LogP contribution in [0.3, 0.4) is 0 Å². The number of benzene rings is 2. The summed E-state index contributed by atoms with van der Waals surface area (Å²) in [6.45, 7) is 4.47. The van der Waals surface area contributed by atoms with E-state index in [4.69, 9.17) is 21.5 Å². The van der Waals surface area contributed by atoms with Gasteiger partial charge >= 0.3 is 12.1 Å². The van der Waals surface area contributed by atoms with Crippen LogP contribution in [0, 0.1) is 6.92 Å². The van der Waals surface area contributed by atoms with E-state index in [-0.39, 0.29) is 16.7 Å². The molecule has 0 aromatic heterocycles. The van der Waals surface area contributed by atoms with Gasteiger partial charge in [-0.15, -0.1) is 0 Å². The number of carbonyl (C=O) groups is 2. The van der Waals surface area contributed by atoms with Crippen molar-refractivity contribution in [3.05, 3.63) is 64.2 Å². The summed E-state index contributed by atoms with van der Waals surface area (Å²) in [5.74, 6) is -1.95. The number of amides is 1. The summed E-state index contributed by atoms with van der Waals surface area (Å²) in [5, 5.41) is 13.8. The lowest BCUT2D eigenvalue weighted by Crippen LogP contribution is -2.30. The summed E-state index contributed by atoms with van der Waals surface area (Å²) in [4.78, 5) is 27.7. The molecule has 220 valence electrons.